The van der Waals surface area contributed by atoms with Crippen molar-refractivity contribution >= 4 is 49.9 Å². The maximum Gasteiger partial charge on any atom is 0.0904 e. The van der Waals surface area contributed by atoms with Crippen LogP contribution in [0.3, 0.4) is 0 Å². The number of thiophene rings is 1. The minimum atomic E-state index is -1.13. The van der Waals surface area contributed by atoms with Gasteiger partial charge in [-0.3, -0.25) is 0 Å². The van der Waals surface area contributed by atoms with E-state index in [1.165, 1.54) is 14.6 Å². The van der Waals surface area contributed by atoms with Gasteiger partial charge in [0, 0.05) is 9.17 Å². The van der Waals surface area contributed by atoms with E-state index >= 15 is 0 Å². The molecule has 0 atom stereocenters. The third-order valence-electron chi connectivity index (χ3n) is 2.22. The summed E-state index contributed by atoms with van der Waals surface area (Å²) in [6.07, 6.45) is 0. The Bertz CT molecular complexity index is 468. The molecule has 0 saturated heterocycles. The highest BCUT2D eigenvalue weighted by molar-refractivity contribution is 9.10. The van der Waals surface area contributed by atoms with Crippen molar-refractivity contribution in [2.45, 2.75) is 19.6 Å². The average molecular weight is 285 g/mol. The maximum atomic E-state index is 3.51. The second kappa shape index (κ2) is 3.47. The van der Waals surface area contributed by atoms with Gasteiger partial charge in [0.2, 0.25) is 0 Å². The molecule has 0 radical (unpaired) electrons. The lowest BCUT2D eigenvalue weighted by Gasteiger charge is -2.11. The fourth-order valence-electron chi connectivity index (χ4n) is 1.38. The van der Waals surface area contributed by atoms with Gasteiger partial charge < -0.3 is 0 Å². The molecule has 2 aromatic rings. The summed E-state index contributed by atoms with van der Waals surface area (Å²) < 4.78 is 4.17. The molecule has 1 heterocycles. The standard InChI is InChI=1S/C11H13BrSSi/c1-14(2,3)11-7-8-6-9(12)4-5-10(8)13-11/h4-7H,1-3H3. The Labute approximate surface area is 98.1 Å². The third-order valence-corrected chi connectivity index (χ3v) is 7.41. The first-order valence-corrected chi connectivity index (χ1v) is 9.77. The van der Waals surface area contributed by atoms with Gasteiger partial charge in [0.1, 0.15) is 0 Å². The predicted octanol–water partition coefficient (Wildman–Crippen LogP) is 4.21. The van der Waals surface area contributed by atoms with E-state index in [0.717, 1.165) is 0 Å². The number of benzene rings is 1. The zero-order valence-electron chi connectivity index (χ0n) is 8.60. The van der Waals surface area contributed by atoms with E-state index in [1.54, 1.807) is 4.50 Å². The summed E-state index contributed by atoms with van der Waals surface area (Å²) in [6.45, 7) is 7.19. The van der Waals surface area contributed by atoms with Gasteiger partial charge in [0.05, 0.1) is 8.07 Å². The van der Waals surface area contributed by atoms with Crippen molar-refractivity contribution in [3.8, 4) is 0 Å². The number of fused-ring (bicyclic) bond motifs is 1. The SMILES string of the molecule is C[Si](C)(C)c1cc2cc(Br)ccc2s1. The quantitative estimate of drug-likeness (QED) is 0.689. The Morgan fingerprint density at radius 1 is 1.14 bits per heavy atom. The summed E-state index contributed by atoms with van der Waals surface area (Å²) in [4.78, 5) is 0. The van der Waals surface area contributed by atoms with Crippen LogP contribution in [0.25, 0.3) is 10.1 Å². The van der Waals surface area contributed by atoms with Gasteiger partial charge in [-0.05, 0) is 34.2 Å². The molecular weight excluding hydrogens is 272 g/mol. The Balaban J connectivity index is 2.63. The van der Waals surface area contributed by atoms with Crippen molar-refractivity contribution in [3.05, 3.63) is 28.7 Å². The zero-order chi connectivity index (χ0) is 10.3. The molecule has 0 amide bonds. The van der Waals surface area contributed by atoms with E-state index < -0.39 is 8.07 Å². The molecule has 1 aromatic heterocycles. The van der Waals surface area contributed by atoms with Gasteiger partial charge in [-0.15, -0.1) is 11.3 Å². The van der Waals surface area contributed by atoms with Gasteiger partial charge >= 0.3 is 0 Å². The van der Waals surface area contributed by atoms with Crippen molar-refractivity contribution < 1.29 is 0 Å². The van der Waals surface area contributed by atoms with E-state index in [1.807, 2.05) is 11.3 Å². The predicted molar refractivity (Wildman–Crippen MR) is 72.5 cm³/mol. The van der Waals surface area contributed by atoms with Crippen molar-refractivity contribution in [1.29, 1.82) is 0 Å². The second-order valence-corrected chi connectivity index (χ2v) is 11.9. The average Bonchev–Trinajstić information content (AvgIpc) is 2.45. The number of hydrogen-bond donors (Lipinski definition) is 0. The number of rotatable bonds is 1. The van der Waals surface area contributed by atoms with E-state index in [-0.39, 0.29) is 0 Å². The van der Waals surface area contributed by atoms with E-state index in [9.17, 15) is 0 Å². The van der Waals surface area contributed by atoms with Crippen LogP contribution in [0.2, 0.25) is 19.6 Å². The Morgan fingerprint density at radius 3 is 2.50 bits per heavy atom. The first-order chi connectivity index (χ1) is 6.47. The highest BCUT2D eigenvalue weighted by Gasteiger charge is 2.18. The largest absolute Gasteiger partial charge is 0.145 e. The first kappa shape index (κ1) is 10.4. The zero-order valence-corrected chi connectivity index (χ0v) is 12.0. The molecule has 0 aliphatic rings. The lowest BCUT2D eigenvalue weighted by Crippen LogP contribution is -2.34. The molecule has 0 N–H and O–H groups in total. The van der Waals surface area contributed by atoms with Crippen LogP contribution in [0.15, 0.2) is 28.7 Å². The molecule has 1 aromatic carbocycles. The summed E-state index contributed by atoms with van der Waals surface area (Å²) in [5.74, 6) is 0. The van der Waals surface area contributed by atoms with Crippen LogP contribution < -0.4 is 4.50 Å². The van der Waals surface area contributed by atoms with Gasteiger partial charge in [-0.25, -0.2) is 0 Å². The fourth-order valence-corrected chi connectivity index (χ4v) is 4.70. The molecule has 0 unspecified atom stereocenters. The van der Waals surface area contributed by atoms with Gasteiger partial charge in [-0.2, -0.15) is 0 Å². The number of halogens is 1. The monoisotopic (exact) mass is 284 g/mol. The van der Waals surface area contributed by atoms with Crippen LogP contribution in [-0.4, -0.2) is 8.07 Å². The van der Waals surface area contributed by atoms with Crippen molar-refractivity contribution in [3.63, 3.8) is 0 Å². The molecule has 3 heteroatoms. The van der Waals surface area contributed by atoms with Crippen LogP contribution in [0, 0.1) is 0 Å². The summed E-state index contributed by atoms with van der Waals surface area (Å²) >= 11 is 5.46. The van der Waals surface area contributed by atoms with Crippen LogP contribution in [0.5, 0.6) is 0 Å². The lowest BCUT2D eigenvalue weighted by atomic mass is 10.3. The molecule has 0 aliphatic heterocycles. The highest BCUT2D eigenvalue weighted by atomic mass is 79.9. The summed E-state index contributed by atoms with van der Waals surface area (Å²) in [7, 11) is -1.13. The molecule has 0 fully saturated rings. The third kappa shape index (κ3) is 1.95. The molecule has 14 heavy (non-hydrogen) atoms. The molecule has 2 rings (SSSR count). The van der Waals surface area contributed by atoms with Gasteiger partial charge in [0.25, 0.3) is 0 Å². The normalized spacial score (nSPS) is 12.3. The second-order valence-electron chi connectivity index (χ2n) is 4.54. The lowest BCUT2D eigenvalue weighted by molar-refractivity contribution is 1.76. The molecular formula is C11H13BrSSi. The van der Waals surface area contributed by atoms with Gasteiger partial charge in [0.15, 0.2) is 0 Å². The molecule has 0 spiro atoms. The molecule has 74 valence electrons. The van der Waals surface area contributed by atoms with Crippen LogP contribution in [0.4, 0.5) is 0 Å². The van der Waals surface area contributed by atoms with Crippen molar-refractivity contribution in [2.75, 3.05) is 0 Å². The van der Waals surface area contributed by atoms with E-state index in [4.69, 9.17) is 0 Å². The van der Waals surface area contributed by atoms with E-state index in [2.05, 4.69) is 59.8 Å². The van der Waals surface area contributed by atoms with Crippen LogP contribution >= 0.6 is 27.3 Å². The summed E-state index contributed by atoms with van der Waals surface area (Å²) in [5.41, 5.74) is 0. The van der Waals surface area contributed by atoms with Crippen LogP contribution in [0.1, 0.15) is 0 Å². The van der Waals surface area contributed by atoms with Gasteiger partial charge in [-0.1, -0.05) is 35.6 Å². The highest BCUT2D eigenvalue weighted by Crippen LogP contribution is 2.25. The fraction of sp³-hybridized carbons (Fsp3) is 0.273. The Hall–Kier alpha value is -0.123. The van der Waals surface area contributed by atoms with E-state index in [0.29, 0.717) is 0 Å². The summed E-state index contributed by atoms with van der Waals surface area (Å²) in [5, 5.41) is 1.38. The number of hydrogen-bond acceptors (Lipinski definition) is 1. The minimum Gasteiger partial charge on any atom is -0.145 e. The molecule has 0 nitrogen and oxygen atoms in total. The molecule has 0 saturated carbocycles. The molecule has 0 bridgehead atoms. The molecule has 0 aliphatic carbocycles. The Morgan fingerprint density at radius 2 is 1.86 bits per heavy atom. The first-order valence-electron chi connectivity index (χ1n) is 4.66. The smallest absolute Gasteiger partial charge is 0.0904 e. The van der Waals surface area contributed by atoms with Crippen molar-refractivity contribution in [2.24, 2.45) is 0 Å². The Kier molecular flexibility index (Phi) is 2.58. The van der Waals surface area contributed by atoms with Crippen molar-refractivity contribution in [1.82, 2.24) is 0 Å². The topological polar surface area (TPSA) is 0 Å². The maximum absolute atomic E-state index is 3.51. The minimum absolute atomic E-state index is 1.13. The summed E-state index contributed by atoms with van der Waals surface area (Å²) in [6, 6.07) is 8.88. The van der Waals surface area contributed by atoms with Crippen LogP contribution in [-0.2, 0) is 0 Å².